The Labute approximate surface area is 78.7 Å². The molecular formula is C10H16O3. The number of ether oxygens (including phenoxy) is 1. The van der Waals surface area contributed by atoms with Crippen molar-refractivity contribution in [2.45, 2.75) is 31.8 Å². The molecule has 0 radical (unpaired) electrons. The Kier molecular flexibility index (Phi) is 4.89. The van der Waals surface area contributed by atoms with Crippen LogP contribution >= 0.6 is 0 Å². The summed E-state index contributed by atoms with van der Waals surface area (Å²) in [4.78, 5) is 10.4. The third kappa shape index (κ3) is 3.78. The predicted molar refractivity (Wildman–Crippen MR) is 51.8 cm³/mol. The van der Waals surface area contributed by atoms with Gasteiger partial charge in [-0.2, -0.15) is 0 Å². The predicted octanol–water partition coefficient (Wildman–Crippen LogP) is 2.98. The molecule has 0 aliphatic heterocycles. The fraction of sp³-hybridized carbons (Fsp3) is 0.500. The Morgan fingerprint density at radius 3 is 2.15 bits per heavy atom. The molecule has 0 aromatic heterocycles. The van der Waals surface area contributed by atoms with Crippen LogP contribution in [-0.4, -0.2) is 16.9 Å². The summed E-state index contributed by atoms with van der Waals surface area (Å²) < 4.78 is 4.84. The van der Waals surface area contributed by atoms with Gasteiger partial charge in [0.25, 0.3) is 0 Å². The molecule has 0 aliphatic rings. The molecule has 0 aromatic rings. The van der Waals surface area contributed by atoms with Gasteiger partial charge < -0.3 is 9.84 Å². The number of hydrogen-bond acceptors (Lipinski definition) is 2. The maximum Gasteiger partial charge on any atom is 0.506 e. The van der Waals surface area contributed by atoms with Crippen LogP contribution in [0.1, 0.15) is 26.2 Å². The van der Waals surface area contributed by atoms with Crippen LogP contribution in [0.4, 0.5) is 4.79 Å². The molecule has 74 valence electrons. The van der Waals surface area contributed by atoms with Gasteiger partial charge in [-0.25, -0.2) is 4.79 Å². The summed E-state index contributed by atoms with van der Waals surface area (Å²) in [5.41, 5.74) is -0.671. The second-order valence-electron chi connectivity index (χ2n) is 2.89. The van der Waals surface area contributed by atoms with Crippen molar-refractivity contribution in [2.75, 3.05) is 0 Å². The molecule has 0 saturated carbocycles. The molecule has 0 unspecified atom stereocenters. The summed E-state index contributed by atoms with van der Waals surface area (Å²) in [6.45, 7) is 9.04. The lowest BCUT2D eigenvalue weighted by molar-refractivity contribution is -0.0181. The Hall–Kier alpha value is -1.25. The fourth-order valence-electron chi connectivity index (χ4n) is 1.24. The quantitative estimate of drug-likeness (QED) is 0.510. The molecule has 13 heavy (non-hydrogen) atoms. The van der Waals surface area contributed by atoms with Gasteiger partial charge in [0, 0.05) is 12.8 Å². The lowest BCUT2D eigenvalue weighted by Gasteiger charge is -2.28. The average molecular weight is 184 g/mol. The van der Waals surface area contributed by atoms with Crippen molar-refractivity contribution >= 4 is 6.16 Å². The second kappa shape index (κ2) is 5.41. The van der Waals surface area contributed by atoms with Crippen LogP contribution in [0, 0.1) is 0 Å². The summed E-state index contributed by atoms with van der Waals surface area (Å²) >= 11 is 0. The monoisotopic (exact) mass is 184 g/mol. The largest absolute Gasteiger partial charge is 0.506 e. The maximum absolute atomic E-state index is 10.4. The normalized spacial score (nSPS) is 10.5. The van der Waals surface area contributed by atoms with Crippen molar-refractivity contribution < 1.29 is 14.6 Å². The molecular weight excluding hydrogens is 168 g/mol. The lowest BCUT2D eigenvalue weighted by Crippen LogP contribution is -2.32. The van der Waals surface area contributed by atoms with Crippen LogP contribution in [0.15, 0.2) is 25.3 Å². The molecule has 0 bridgehead atoms. The van der Waals surface area contributed by atoms with Crippen LogP contribution < -0.4 is 0 Å². The molecule has 1 N–H and O–H groups in total. The van der Waals surface area contributed by atoms with Gasteiger partial charge in [0.2, 0.25) is 0 Å². The highest BCUT2D eigenvalue weighted by atomic mass is 16.7. The molecule has 0 heterocycles. The van der Waals surface area contributed by atoms with E-state index in [4.69, 9.17) is 9.84 Å². The standard InChI is InChI=1S/C10H16O3/c1-4-7-10(6-3,8-5-2)13-9(11)12/h4-5H,1-2,6-8H2,3H3,(H,11,12). The average Bonchev–Trinajstić information content (AvgIpc) is 2.04. The molecule has 0 aromatic carbocycles. The minimum atomic E-state index is -1.24. The second-order valence-corrected chi connectivity index (χ2v) is 2.89. The molecule has 0 aliphatic carbocycles. The van der Waals surface area contributed by atoms with E-state index < -0.39 is 11.8 Å². The van der Waals surface area contributed by atoms with E-state index in [1.54, 1.807) is 12.2 Å². The van der Waals surface area contributed by atoms with E-state index in [1.807, 2.05) is 6.92 Å². The summed E-state index contributed by atoms with van der Waals surface area (Å²) in [6, 6.07) is 0. The lowest BCUT2D eigenvalue weighted by atomic mass is 9.92. The third-order valence-corrected chi connectivity index (χ3v) is 1.98. The van der Waals surface area contributed by atoms with Crippen molar-refractivity contribution in [3.63, 3.8) is 0 Å². The molecule has 0 rings (SSSR count). The van der Waals surface area contributed by atoms with E-state index in [0.717, 1.165) is 0 Å². The van der Waals surface area contributed by atoms with Gasteiger partial charge in [-0.15, -0.1) is 13.2 Å². The summed E-state index contributed by atoms with van der Waals surface area (Å²) in [6.07, 6.45) is 3.73. The highest BCUT2D eigenvalue weighted by Gasteiger charge is 2.29. The van der Waals surface area contributed by atoms with Crippen LogP contribution in [0.5, 0.6) is 0 Å². The van der Waals surface area contributed by atoms with E-state index in [0.29, 0.717) is 19.3 Å². The van der Waals surface area contributed by atoms with Gasteiger partial charge in [-0.05, 0) is 6.42 Å². The first-order valence-corrected chi connectivity index (χ1v) is 4.24. The zero-order valence-corrected chi connectivity index (χ0v) is 7.95. The maximum atomic E-state index is 10.4. The minimum Gasteiger partial charge on any atom is -0.450 e. The van der Waals surface area contributed by atoms with Crippen molar-refractivity contribution in [3.05, 3.63) is 25.3 Å². The number of carbonyl (C=O) groups is 1. The third-order valence-electron chi connectivity index (χ3n) is 1.98. The van der Waals surface area contributed by atoms with Crippen LogP contribution in [0.25, 0.3) is 0 Å². The zero-order chi connectivity index (χ0) is 10.3. The number of rotatable bonds is 6. The van der Waals surface area contributed by atoms with Gasteiger partial charge in [-0.3, -0.25) is 0 Å². The Balaban J connectivity index is 4.50. The van der Waals surface area contributed by atoms with Crippen molar-refractivity contribution in [1.82, 2.24) is 0 Å². The van der Waals surface area contributed by atoms with E-state index in [-0.39, 0.29) is 0 Å². The van der Waals surface area contributed by atoms with Crippen LogP contribution in [0.2, 0.25) is 0 Å². The van der Waals surface area contributed by atoms with E-state index in [1.165, 1.54) is 0 Å². The number of carboxylic acid groups (broad SMARTS) is 1. The summed E-state index contributed by atoms with van der Waals surface area (Å²) in [7, 11) is 0. The van der Waals surface area contributed by atoms with Gasteiger partial charge in [0.05, 0.1) is 0 Å². The fourth-order valence-corrected chi connectivity index (χ4v) is 1.24. The molecule has 0 fully saturated rings. The van der Waals surface area contributed by atoms with Gasteiger partial charge in [0.1, 0.15) is 5.60 Å². The van der Waals surface area contributed by atoms with E-state index in [2.05, 4.69) is 13.2 Å². The SMILES string of the molecule is C=CCC(CC)(CC=C)OC(=O)O. The highest BCUT2D eigenvalue weighted by Crippen LogP contribution is 2.25. The molecule has 3 heteroatoms. The smallest absolute Gasteiger partial charge is 0.450 e. The first-order chi connectivity index (χ1) is 6.10. The molecule has 0 amide bonds. The highest BCUT2D eigenvalue weighted by molar-refractivity contribution is 5.57. The van der Waals surface area contributed by atoms with E-state index in [9.17, 15) is 4.79 Å². The van der Waals surface area contributed by atoms with E-state index >= 15 is 0 Å². The molecule has 0 atom stereocenters. The first-order valence-electron chi connectivity index (χ1n) is 4.24. The van der Waals surface area contributed by atoms with Crippen LogP contribution in [0.3, 0.4) is 0 Å². The van der Waals surface area contributed by atoms with Crippen molar-refractivity contribution in [3.8, 4) is 0 Å². The minimum absolute atomic E-state index is 0.516. The van der Waals surface area contributed by atoms with Crippen molar-refractivity contribution in [1.29, 1.82) is 0 Å². The Bertz CT molecular complexity index is 186. The Morgan fingerprint density at radius 2 is 1.92 bits per heavy atom. The van der Waals surface area contributed by atoms with Gasteiger partial charge >= 0.3 is 6.16 Å². The van der Waals surface area contributed by atoms with Crippen molar-refractivity contribution in [2.24, 2.45) is 0 Å². The summed E-state index contributed by atoms with van der Waals surface area (Å²) in [5, 5.41) is 8.54. The zero-order valence-electron chi connectivity index (χ0n) is 7.95. The van der Waals surface area contributed by atoms with Gasteiger partial charge in [-0.1, -0.05) is 19.1 Å². The Morgan fingerprint density at radius 1 is 1.46 bits per heavy atom. The molecule has 0 spiro atoms. The summed E-state index contributed by atoms with van der Waals surface area (Å²) in [5.74, 6) is 0. The molecule has 0 saturated heterocycles. The van der Waals surface area contributed by atoms with Crippen LogP contribution in [-0.2, 0) is 4.74 Å². The molecule has 3 nitrogen and oxygen atoms in total. The first kappa shape index (κ1) is 11.8. The van der Waals surface area contributed by atoms with Gasteiger partial charge in [0.15, 0.2) is 0 Å². The number of hydrogen-bond donors (Lipinski definition) is 1. The topological polar surface area (TPSA) is 46.5 Å².